The molecule has 0 aliphatic heterocycles. The second kappa shape index (κ2) is 8.13. The van der Waals surface area contributed by atoms with Crippen LogP contribution in [0.25, 0.3) is 0 Å². The Kier molecular flexibility index (Phi) is 6.16. The molecular weight excluding hydrogens is 364 g/mol. The monoisotopic (exact) mass is 382 g/mol. The molecule has 0 aliphatic rings. The van der Waals surface area contributed by atoms with Gasteiger partial charge in [-0.2, -0.15) is 0 Å². The average molecular weight is 382 g/mol. The van der Waals surface area contributed by atoms with Crippen LogP contribution >= 0.6 is 11.3 Å². The highest BCUT2D eigenvalue weighted by Gasteiger charge is 2.17. The number of hydrogen-bond acceptors (Lipinski definition) is 6. The summed E-state index contributed by atoms with van der Waals surface area (Å²) in [5, 5.41) is 4.63. The molecule has 2 aromatic rings. The van der Waals surface area contributed by atoms with E-state index in [1.807, 2.05) is 24.4 Å². The lowest BCUT2D eigenvalue weighted by molar-refractivity contribution is -0.124. The second-order valence-electron chi connectivity index (χ2n) is 5.30. The molecule has 1 atom stereocenters. The fourth-order valence-electron chi connectivity index (χ4n) is 2.05. The maximum absolute atomic E-state index is 12.1. The maximum atomic E-state index is 12.1. The van der Waals surface area contributed by atoms with E-state index >= 15 is 0 Å². The topological polar surface area (TPSA) is 102 Å². The molecule has 2 rings (SSSR count). The van der Waals surface area contributed by atoms with E-state index in [0.717, 1.165) is 11.1 Å². The van der Waals surface area contributed by atoms with Gasteiger partial charge in [-0.15, -0.1) is 11.3 Å². The van der Waals surface area contributed by atoms with E-state index in [1.165, 1.54) is 23.5 Å². The molecule has 0 saturated carbocycles. The van der Waals surface area contributed by atoms with Crippen LogP contribution < -0.4 is 10.0 Å². The quantitative estimate of drug-likeness (QED) is 0.715. The summed E-state index contributed by atoms with van der Waals surface area (Å²) in [5.41, 5.74) is 0.134. The summed E-state index contributed by atoms with van der Waals surface area (Å²) in [6.07, 6.45) is 0.981. The van der Waals surface area contributed by atoms with Crippen molar-refractivity contribution in [3.8, 4) is 0 Å². The smallest absolute Gasteiger partial charge is 0.340 e. The molecule has 134 valence electrons. The van der Waals surface area contributed by atoms with Crippen molar-refractivity contribution < 1.29 is 22.7 Å². The van der Waals surface area contributed by atoms with Crippen LogP contribution in [0.1, 0.15) is 28.2 Å². The van der Waals surface area contributed by atoms with E-state index in [1.54, 1.807) is 12.1 Å². The molecule has 2 N–H and O–H groups in total. The van der Waals surface area contributed by atoms with Crippen molar-refractivity contribution in [3.63, 3.8) is 0 Å². The highest BCUT2D eigenvalue weighted by Crippen LogP contribution is 2.19. The van der Waals surface area contributed by atoms with Gasteiger partial charge in [0.2, 0.25) is 10.0 Å². The molecule has 0 unspecified atom stereocenters. The van der Waals surface area contributed by atoms with Crippen LogP contribution in [-0.2, 0) is 19.6 Å². The first kappa shape index (κ1) is 18.9. The number of ether oxygens (including phenoxy) is 1. The normalized spacial score (nSPS) is 12.2. The predicted octanol–water partition coefficient (Wildman–Crippen LogP) is 2.15. The minimum absolute atomic E-state index is 0.0343. The van der Waals surface area contributed by atoms with Gasteiger partial charge >= 0.3 is 5.97 Å². The summed E-state index contributed by atoms with van der Waals surface area (Å²) in [6.45, 7) is 1.37. The number of carbonyl (C=O) groups is 2. The lowest BCUT2D eigenvalue weighted by Crippen LogP contribution is -2.30. The number of carbonyl (C=O) groups excluding carboxylic acids is 2. The number of sulfonamides is 1. The van der Waals surface area contributed by atoms with E-state index < -0.39 is 28.5 Å². The molecule has 0 bridgehead atoms. The van der Waals surface area contributed by atoms with Gasteiger partial charge in [0.05, 0.1) is 23.5 Å². The molecule has 0 aliphatic carbocycles. The Balaban J connectivity index is 1.95. The summed E-state index contributed by atoms with van der Waals surface area (Å²) in [6, 6.07) is 9.61. The molecule has 0 saturated heterocycles. The highest BCUT2D eigenvalue weighted by atomic mass is 32.2. The van der Waals surface area contributed by atoms with Gasteiger partial charge in [-0.3, -0.25) is 9.52 Å². The number of hydrogen-bond donors (Lipinski definition) is 2. The minimum Gasteiger partial charge on any atom is -0.452 e. The number of benzene rings is 1. The lowest BCUT2D eigenvalue weighted by Gasteiger charge is -2.13. The van der Waals surface area contributed by atoms with Crippen LogP contribution in [0.15, 0.2) is 41.8 Å². The van der Waals surface area contributed by atoms with E-state index in [2.05, 4.69) is 10.0 Å². The van der Waals surface area contributed by atoms with E-state index in [4.69, 9.17) is 4.74 Å². The zero-order valence-corrected chi connectivity index (χ0v) is 15.3. The number of para-hydroxylation sites is 1. The SMILES string of the molecule is C[C@H](NC(=O)COC(=O)c1ccccc1NS(C)(=O)=O)c1cccs1. The van der Waals surface area contributed by atoms with E-state index in [9.17, 15) is 18.0 Å². The summed E-state index contributed by atoms with van der Waals surface area (Å²) in [7, 11) is -3.54. The fourth-order valence-corrected chi connectivity index (χ4v) is 3.36. The molecule has 1 amide bonds. The van der Waals surface area contributed by atoms with Crippen LogP contribution in [-0.4, -0.2) is 33.2 Å². The number of nitrogens with one attached hydrogen (secondary N) is 2. The molecule has 0 fully saturated rings. The Labute approximate surface area is 150 Å². The maximum Gasteiger partial charge on any atom is 0.340 e. The first-order valence-electron chi connectivity index (χ1n) is 7.33. The molecule has 0 radical (unpaired) electrons. The summed E-state index contributed by atoms with van der Waals surface area (Å²) >= 11 is 1.51. The largest absolute Gasteiger partial charge is 0.452 e. The van der Waals surface area contributed by atoms with Crippen LogP contribution in [0.2, 0.25) is 0 Å². The number of anilines is 1. The van der Waals surface area contributed by atoms with Gasteiger partial charge in [0.1, 0.15) is 0 Å². The van der Waals surface area contributed by atoms with Crippen molar-refractivity contribution in [2.75, 3.05) is 17.6 Å². The van der Waals surface area contributed by atoms with E-state index in [0.29, 0.717) is 0 Å². The molecule has 0 spiro atoms. The number of amides is 1. The summed E-state index contributed by atoms with van der Waals surface area (Å²) in [4.78, 5) is 25.0. The molecule has 25 heavy (non-hydrogen) atoms. The van der Waals surface area contributed by atoms with Crippen molar-refractivity contribution in [2.45, 2.75) is 13.0 Å². The highest BCUT2D eigenvalue weighted by molar-refractivity contribution is 7.92. The first-order chi connectivity index (χ1) is 11.8. The van der Waals surface area contributed by atoms with Gasteiger partial charge in [0.15, 0.2) is 6.61 Å². The van der Waals surface area contributed by atoms with Gasteiger partial charge < -0.3 is 10.1 Å². The third-order valence-electron chi connectivity index (χ3n) is 3.12. The minimum atomic E-state index is -3.54. The average Bonchev–Trinajstić information content (AvgIpc) is 3.06. The molecular formula is C16H18N2O5S2. The van der Waals surface area contributed by atoms with Gasteiger partial charge in [0.25, 0.3) is 5.91 Å². The third-order valence-corrected chi connectivity index (χ3v) is 4.77. The zero-order valence-electron chi connectivity index (χ0n) is 13.7. The lowest BCUT2D eigenvalue weighted by atomic mass is 10.2. The Hall–Kier alpha value is -2.39. The predicted molar refractivity (Wildman–Crippen MR) is 96.1 cm³/mol. The van der Waals surface area contributed by atoms with Gasteiger partial charge in [0, 0.05) is 4.88 Å². The van der Waals surface area contributed by atoms with Crippen molar-refractivity contribution in [1.29, 1.82) is 0 Å². The van der Waals surface area contributed by atoms with Crippen molar-refractivity contribution in [2.24, 2.45) is 0 Å². The molecule has 1 heterocycles. The number of esters is 1. The summed E-state index contributed by atoms with van der Waals surface area (Å²) < 4.78 is 29.9. The van der Waals surface area contributed by atoms with Crippen LogP contribution in [0, 0.1) is 0 Å². The Morgan fingerprint density at radius 2 is 1.92 bits per heavy atom. The van der Waals surface area contributed by atoms with Crippen LogP contribution in [0.3, 0.4) is 0 Å². The van der Waals surface area contributed by atoms with Crippen molar-refractivity contribution in [1.82, 2.24) is 5.32 Å². The Morgan fingerprint density at radius 1 is 1.20 bits per heavy atom. The third kappa shape index (κ3) is 5.87. The standard InChI is InChI=1S/C16H18N2O5S2/c1-11(14-8-5-9-24-14)17-15(19)10-23-16(20)12-6-3-4-7-13(12)18-25(2,21)22/h3-9,11,18H,10H2,1-2H3,(H,17,19)/t11-/m0/s1. The zero-order chi connectivity index (χ0) is 18.4. The van der Waals surface area contributed by atoms with Gasteiger partial charge in [-0.25, -0.2) is 13.2 Å². The van der Waals surface area contributed by atoms with Gasteiger partial charge in [-0.1, -0.05) is 18.2 Å². The van der Waals surface area contributed by atoms with Crippen LogP contribution in [0.4, 0.5) is 5.69 Å². The molecule has 1 aromatic carbocycles. The molecule has 7 nitrogen and oxygen atoms in total. The summed E-state index contributed by atoms with van der Waals surface area (Å²) in [5.74, 6) is -1.23. The molecule has 1 aromatic heterocycles. The fraction of sp³-hybridized carbons (Fsp3) is 0.250. The van der Waals surface area contributed by atoms with Crippen molar-refractivity contribution in [3.05, 3.63) is 52.2 Å². The van der Waals surface area contributed by atoms with E-state index in [-0.39, 0.29) is 17.3 Å². The van der Waals surface area contributed by atoms with Gasteiger partial charge in [-0.05, 0) is 30.5 Å². The van der Waals surface area contributed by atoms with Crippen molar-refractivity contribution >= 4 is 38.9 Å². The molecule has 9 heteroatoms. The number of rotatable bonds is 7. The Bertz CT molecular complexity index is 847. The van der Waals surface area contributed by atoms with Crippen LogP contribution in [0.5, 0.6) is 0 Å². The second-order valence-corrected chi connectivity index (χ2v) is 8.03. The number of thiophene rings is 1. The first-order valence-corrected chi connectivity index (χ1v) is 10.1. The Morgan fingerprint density at radius 3 is 2.56 bits per heavy atom.